The Morgan fingerprint density at radius 1 is 1.07 bits per heavy atom. The second-order valence-corrected chi connectivity index (χ2v) is 5.72. The quantitative estimate of drug-likeness (QED) is 0.460. The Kier molecular flexibility index (Phi) is 6.32. The fourth-order valence-corrected chi connectivity index (χ4v) is 2.17. The van der Waals surface area contributed by atoms with Gasteiger partial charge in [0.1, 0.15) is 0 Å². The predicted octanol–water partition coefficient (Wildman–Crippen LogP) is 4.24. The van der Waals surface area contributed by atoms with E-state index in [1.165, 1.54) is 6.07 Å². The second kappa shape index (κ2) is 8.32. The first-order valence-corrected chi connectivity index (χ1v) is 7.79. The van der Waals surface area contributed by atoms with Gasteiger partial charge in [-0.05, 0) is 30.7 Å². The lowest BCUT2D eigenvalue weighted by Crippen LogP contribution is -2.31. The number of carbonyl (C=O) groups excluding carboxylic acids is 2. The van der Waals surface area contributed by atoms with E-state index in [0.29, 0.717) is 6.07 Å². The molecule has 1 N–H and O–H groups in total. The molecule has 2 rings (SSSR count). The van der Waals surface area contributed by atoms with Gasteiger partial charge in [-0.25, -0.2) is 13.2 Å². The third-order valence-corrected chi connectivity index (χ3v) is 3.57. The molecule has 0 aliphatic carbocycles. The molecule has 10 heteroatoms. The Morgan fingerprint density at radius 3 is 2.39 bits per heavy atom. The van der Waals surface area contributed by atoms with E-state index in [4.69, 9.17) is 4.74 Å². The summed E-state index contributed by atoms with van der Waals surface area (Å²) in [4.78, 5) is 23.8. The zero-order chi connectivity index (χ0) is 21.1. The van der Waals surface area contributed by atoms with Crippen molar-refractivity contribution in [1.29, 1.82) is 0 Å². The maximum Gasteiger partial charge on any atom is 0.416 e. The Bertz CT molecular complexity index is 897. The van der Waals surface area contributed by atoms with Crippen LogP contribution in [0.5, 0.6) is 0 Å². The second-order valence-electron chi connectivity index (χ2n) is 5.72. The number of esters is 1. The van der Waals surface area contributed by atoms with Crippen LogP contribution in [0.1, 0.15) is 18.1 Å². The van der Waals surface area contributed by atoms with Crippen molar-refractivity contribution < 1.29 is 40.7 Å². The lowest BCUT2D eigenvalue weighted by molar-refractivity contribution is -0.152. The number of anilines is 1. The molecular formula is C18H13F6NO3. The van der Waals surface area contributed by atoms with E-state index in [1.54, 1.807) is 0 Å². The van der Waals surface area contributed by atoms with Gasteiger partial charge in [0.05, 0.1) is 17.7 Å². The van der Waals surface area contributed by atoms with E-state index in [0.717, 1.165) is 31.2 Å². The van der Waals surface area contributed by atoms with Crippen molar-refractivity contribution in [3.63, 3.8) is 0 Å². The van der Waals surface area contributed by atoms with E-state index < -0.39 is 59.3 Å². The number of amides is 1. The zero-order valence-electron chi connectivity index (χ0n) is 14.2. The molecule has 0 aliphatic rings. The summed E-state index contributed by atoms with van der Waals surface area (Å²) in [7, 11) is 0. The van der Waals surface area contributed by atoms with Crippen LogP contribution in [-0.4, -0.2) is 18.0 Å². The van der Waals surface area contributed by atoms with Gasteiger partial charge in [0, 0.05) is 0 Å². The van der Waals surface area contributed by atoms with Gasteiger partial charge < -0.3 is 10.1 Å². The van der Waals surface area contributed by atoms with Crippen LogP contribution in [0.4, 0.5) is 32.0 Å². The highest BCUT2D eigenvalue weighted by atomic mass is 19.4. The summed E-state index contributed by atoms with van der Waals surface area (Å²) in [6.07, 6.45) is -6.59. The number of hydrogen-bond donors (Lipinski definition) is 1. The van der Waals surface area contributed by atoms with Crippen molar-refractivity contribution in [3.05, 3.63) is 65.0 Å². The number of rotatable bonds is 5. The molecule has 4 nitrogen and oxygen atoms in total. The summed E-state index contributed by atoms with van der Waals surface area (Å²) in [5, 5.41) is 1.93. The molecule has 2 aromatic carbocycles. The Morgan fingerprint density at radius 2 is 1.75 bits per heavy atom. The molecule has 0 spiro atoms. The topological polar surface area (TPSA) is 55.4 Å². The van der Waals surface area contributed by atoms with E-state index in [9.17, 15) is 35.9 Å². The highest BCUT2D eigenvalue weighted by Gasteiger charge is 2.30. The number of nitrogens with one attached hydrogen (secondary N) is 1. The SMILES string of the molecule is C[C@@H](OC(=O)Cc1cccc(C(F)(F)F)c1)C(=O)Nc1ccc(F)c(F)c1F. The molecule has 0 aliphatic heterocycles. The summed E-state index contributed by atoms with van der Waals surface area (Å²) in [5.41, 5.74) is -1.60. The minimum absolute atomic E-state index is 0.0130. The molecule has 0 saturated carbocycles. The summed E-state index contributed by atoms with van der Waals surface area (Å²) in [5.74, 6) is -6.91. The highest BCUT2D eigenvalue weighted by Crippen LogP contribution is 2.29. The lowest BCUT2D eigenvalue weighted by Gasteiger charge is -2.14. The van der Waals surface area contributed by atoms with Gasteiger partial charge in [0.2, 0.25) is 0 Å². The number of alkyl halides is 3. The van der Waals surface area contributed by atoms with E-state index in [2.05, 4.69) is 0 Å². The van der Waals surface area contributed by atoms with Gasteiger partial charge in [-0.15, -0.1) is 0 Å². The van der Waals surface area contributed by atoms with E-state index >= 15 is 0 Å². The van der Waals surface area contributed by atoms with Crippen LogP contribution >= 0.6 is 0 Å². The van der Waals surface area contributed by atoms with Crippen molar-refractivity contribution >= 4 is 17.6 Å². The fraction of sp³-hybridized carbons (Fsp3) is 0.222. The fourth-order valence-electron chi connectivity index (χ4n) is 2.17. The highest BCUT2D eigenvalue weighted by molar-refractivity contribution is 5.95. The lowest BCUT2D eigenvalue weighted by atomic mass is 10.1. The maximum absolute atomic E-state index is 13.5. The van der Waals surface area contributed by atoms with Crippen LogP contribution in [0.25, 0.3) is 0 Å². The number of benzene rings is 2. The maximum atomic E-state index is 13.5. The predicted molar refractivity (Wildman–Crippen MR) is 85.6 cm³/mol. The van der Waals surface area contributed by atoms with Crippen molar-refractivity contribution in [3.8, 4) is 0 Å². The smallest absolute Gasteiger partial charge is 0.416 e. The van der Waals surface area contributed by atoms with Crippen LogP contribution in [-0.2, 0) is 26.9 Å². The molecular weight excluding hydrogens is 392 g/mol. The number of hydrogen-bond acceptors (Lipinski definition) is 3. The molecule has 150 valence electrons. The molecule has 0 unspecified atom stereocenters. The van der Waals surface area contributed by atoms with Crippen molar-refractivity contribution in [2.24, 2.45) is 0 Å². The molecule has 0 bridgehead atoms. The number of ether oxygens (including phenoxy) is 1. The molecule has 0 saturated heterocycles. The largest absolute Gasteiger partial charge is 0.452 e. The van der Waals surface area contributed by atoms with Crippen molar-refractivity contribution in [1.82, 2.24) is 0 Å². The van der Waals surface area contributed by atoms with Gasteiger partial charge in [0.15, 0.2) is 23.6 Å². The molecule has 2 aromatic rings. The standard InChI is InChI=1S/C18H13F6NO3/c1-9(17(27)25-13-6-5-12(19)15(20)16(13)21)28-14(26)8-10-3-2-4-11(7-10)18(22,23)24/h2-7,9H,8H2,1H3,(H,25,27)/t9-/m1/s1. The molecule has 1 atom stereocenters. The first kappa shape index (κ1) is 21.3. The van der Waals surface area contributed by atoms with Crippen LogP contribution in [0.3, 0.4) is 0 Å². The molecule has 0 fully saturated rings. The molecule has 0 radical (unpaired) electrons. The van der Waals surface area contributed by atoms with Gasteiger partial charge in [-0.3, -0.25) is 9.59 Å². The van der Waals surface area contributed by atoms with Gasteiger partial charge in [0.25, 0.3) is 5.91 Å². The summed E-state index contributed by atoms with van der Waals surface area (Å²) in [6.45, 7) is 1.12. The van der Waals surface area contributed by atoms with Crippen LogP contribution < -0.4 is 5.32 Å². The average Bonchev–Trinajstić information content (AvgIpc) is 2.61. The first-order valence-electron chi connectivity index (χ1n) is 7.79. The molecule has 0 aromatic heterocycles. The zero-order valence-corrected chi connectivity index (χ0v) is 14.2. The Hall–Kier alpha value is -3.04. The number of carbonyl (C=O) groups is 2. The van der Waals surface area contributed by atoms with E-state index in [1.807, 2.05) is 5.32 Å². The third kappa shape index (κ3) is 5.24. The monoisotopic (exact) mass is 405 g/mol. The van der Waals surface area contributed by atoms with Crippen LogP contribution in [0.2, 0.25) is 0 Å². The number of halogens is 6. The van der Waals surface area contributed by atoms with Crippen LogP contribution in [0.15, 0.2) is 36.4 Å². The minimum Gasteiger partial charge on any atom is -0.452 e. The summed E-state index contributed by atoms with van der Waals surface area (Å²) < 4.78 is 82.3. The Balaban J connectivity index is 1.99. The van der Waals surface area contributed by atoms with Crippen molar-refractivity contribution in [2.75, 3.05) is 5.32 Å². The van der Waals surface area contributed by atoms with Gasteiger partial charge in [-0.2, -0.15) is 13.2 Å². The Labute approximate surface area is 155 Å². The summed E-state index contributed by atoms with van der Waals surface area (Å²) in [6, 6.07) is 5.37. The van der Waals surface area contributed by atoms with Crippen LogP contribution in [0, 0.1) is 17.5 Å². The molecule has 1 amide bonds. The molecule has 28 heavy (non-hydrogen) atoms. The summed E-state index contributed by atoms with van der Waals surface area (Å²) >= 11 is 0. The van der Waals surface area contributed by atoms with E-state index in [-0.39, 0.29) is 5.56 Å². The third-order valence-electron chi connectivity index (χ3n) is 3.57. The first-order chi connectivity index (χ1) is 13.0. The van der Waals surface area contributed by atoms with Gasteiger partial charge >= 0.3 is 12.1 Å². The normalized spacial score (nSPS) is 12.4. The van der Waals surface area contributed by atoms with Crippen molar-refractivity contribution in [2.45, 2.75) is 25.6 Å². The minimum atomic E-state index is -4.58. The molecule has 0 heterocycles. The average molecular weight is 405 g/mol. The van der Waals surface area contributed by atoms with Gasteiger partial charge in [-0.1, -0.05) is 18.2 Å².